The molecule has 0 radical (unpaired) electrons. The minimum Gasteiger partial charge on any atom is -0.324 e. The first-order valence-electron chi connectivity index (χ1n) is 10.5. The first-order chi connectivity index (χ1) is 13.9. The number of fused-ring (bicyclic) bond motifs is 1. The van der Waals surface area contributed by atoms with Crippen LogP contribution in [0.15, 0.2) is 23.7 Å². The van der Waals surface area contributed by atoms with E-state index < -0.39 is 5.54 Å². The molecular weight excluding hydrogens is 378 g/mol. The van der Waals surface area contributed by atoms with Crippen LogP contribution < -0.4 is 10.6 Å². The van der Waals surface area contributed by atoms with Gasteiger partial charge in [0, 0.05) is 36.4 Å². The van der Waals surface area contributed by atoms with Gasteiger partial charge in [0.1, 0.15) is 10.5 Å². The minimum absolute atomic E-state index is 0.599. The van der Waals surface area contributed by atoms with Gasteiger partial charge in [0.15, 0.2) is 5.82 Å². The second-order valence-corrected chi connectivity index (χ2v) is 9.23. The van der Waals surface area contributed by atoms with Crippen molar-refractivity contribution in [1.82, 2.24) is 14.8 Å². The largest absolute Gasteiger partial charge is 0.324 e. The quantitative estimate of drug-likeness (QED) is 0.652. The highest BCUT2D eigenvalue weighted by Gasteiger charge is 2.40. The van der Waals surface area contributed by atoms with Crippen LogP contribution in [0.4, 0.5) is 11.5 Å². The summed E-state index contributed by atoms with van der Waals surface area (Å²) in [6.07, 6.45) is 5.81. The number of nitrogens with zero attached hydrogens (tertiary/aromatic N) is 4. The number of aromatic nitrogens is 3. The van der Waals surface area contributed by atoms with Gasteiger partial charge in [0.2, 0.25) is 0 Å². The van der Waals surface area contributed by atoms with Crippen LogP contribution in [0, 0.1) is 20.8 Å². The summed E-state index contributed by atoms with van der Waals surface area (Å²) in [4.78, 5) is 7.01. The molecule has 0 amide bonds. The number of hydrogen-bond donors (Lipinski definition) is 1. The average Bonchev–Trinajstić information content (AvgIpc) is 3.29. The first-order valence-corrected chi connectivity index (χ1v) is 11.4. The molecule has 0 bridgehead atoms. The van der Waals surface area contributed by atoms with Gasteiger partial charge in [0.05, 0.1) is 5.69 Å². The van der Waals surface area contributed by atoms with E-state index >= 15 is 0 Å². The molecule has 3 aromatic rings. The second-order valence-electron chi connectivity index (χ2n) is 8.34. The van der Waals surface area contributed by atoms with E-state index in [2.05, 4.69) is 49.7 Å². The van der Waals surface area contributed by atoms with Crippen molar-refractivity contribution in [2.24, 2.45) is 12.8 Å². The Morgan fingerprint density at radius 3 is 2.55 bits per heavy atom. The van der Waals surface area contributed by atoms with Crippen molar-refractivity contribution in [2.75, 3.05) is 11.4 Å². The number of benzene rings is 1. The third-order valence-electron chi connectivity index (χ3n) is 5.97. The summed E-state index contributed by atoms with van der Waals surface area (Å²) in [7, 11) is 2.03. The van der Waals surface area contributed by atoms with Crippen molar-refractivity contribution in [3.8, 4) is 0 Å². The van der Waals surface area contributed by atoms with Gasteiger partial charge < -0.3 is 10.6 Å². The van der Waals surface area contributed by atoms with E-state index in [4.69, 9.17) is 10.8 Å². The molecule has 0 fully saturated rings. The molecule has 1 aliphatic heterocycles. The number of anilines is 2. The molecule has 4 rings (SSSR count). The summed E-state index contributed by atoms with van der Waals surface area (Å²) in [6.45, 7) is 9.73. The summed E-state index contributed by atoms with van der Waals surface area (Å²) in [6, 6.07) is 4.53. The Kier molecular flexibility index (Phi) is 5.25. The van der Waals surface area contributed by atoms with Crippen LogP contribution >= 0.6 is 11.3 Å². The SMILES string of the molecule is CCCC(N)(c1nccs1)c1c2c(nn1C)N(c1c(C)cc(C)cc1C)CCC2. The van der Waals surface area contributed by atoms with Crippen LogP contribution in [0.5, 0.6) is 0 Å². The molecule has 2 N–H and O–H groups in total. The van der Waals surface area contributed by atoms with Crippen molar-refractivity contribution in [2.45, 2.75) is 58.9 Å². The maximum atomic E-state index is 7.10. The molecule has 1 aromatic carbocycles. The Bertz CT molecular complexity index is 997. The fourth-order valence-electron chi connectivity index (χ4n) is 5.06. The standard InChI is InChI=1S/C23H31N5S/c1-6-9-23(24,22-25-10-12-29-22)20-18-8-7-11-28(21(18)26-27(20)5)19-16(3)13-15(2)14-17(19)4/h10,12-14H,6-9,11,24H2,1-5H3. The third-order valence-corrected chi connectivity index (χ3v) is 6.93. The lowest BCUT2D eigenvalue weighted by atomic mass is 9.86. The second kappa shape index (κ2) is 7.58. The first kappa shape index (κ1) is 20.1. The molecule has 1 unspecified atom stereocenters. The summed E-state index contributed by atoms with van der Waals surface area (Å²) in [5, 5.41) is 8.00. The van der Waals surface area contributed by atoms with Crippen LogP contribution in [0.3, 0.4) is 0 Å². The maximum Gasteiger partial charge on any atom is 0.158 e. The minimum atomic E-state index is -0.599. The number of nitrogens with two attached hydrogens (primary N) is 1. The van der Waals surface area contributed by atoms with Gasteiger partial charge in [-0.1, -0.05) is 31.0 Å². The van der Waals surface area contributed by atoms with Gasteiger partial charge in [-0.05, 0) is 51.2 Å². The highest BCUT2D eigenvalue weighted by Crippen LogP contribution is 2.43. The monoisotopic (exact) mass is 409 g/mol. The highest BCUT2D eigenvalue weighted by molar-refractivity contribution is 7.09. The van der Waals surface area contributed by atoms with Crippen LogP contribution in [-0.2, 0) is 19.0 Å². The van der Waals surface area contributed by atoms with Crippen LogP contribution in [0.1, 0.15) is 59.1 Å². The predicted molar refractivity (Wildman–Crippen MR) is 121 cm³/mol. The molecule has 2 aromatic heterocycles. The molecule has 1 aliphatic rings. The third kappa shape index (κ3) is 3.28. The molecular formula is C23H31N5S. The van der Waals surface area contributed by atoms with Gasteiger partial charge in [-0.3, -0.25) is 4.68 Å². The molecule has 154 valence electrons. The number of rotatable bonds is 5. The molecule has 1 atom stereocenters. The zero-order valence-electron chi connectivity index (χ0n) is 18.1. The van der Waals surface area contributed by atoms with Gasteiger partial charge >= 0.3 is 0 Å². The van der Waals surface area contributed by atoms with Crippen molar-refractivity contribution in [3.05, 3.63) is 56.7 Å². The number of hydrogen-bond acceptors (Lipinski definition) is 5. The maximum absolute atomic E-state index is 7.10. The van der Waals surface area contributed by atoms with E-state index in [-0.39, 0.29) is 0 Å². The fraction of sp³-hybridized carbons (Fsp3) is 0.478. The molecule has 0 saturated heterocycles. The van der Waals surface area contributed by atoms with E-state index in [0.717, 1.165) is 48.7 Å². The van der Waals surface area contributed by atoms with E-state index in [1.54, 1.807) is 11.3 Å². The lowest BCUT2D eigenvalue weighted by Gasteiger charge is -2.33. The molecule has 0 aliphatic carbocycles. The molecule has 0 spiro atoms. The van der Waals surface area contributed by atoms with Gasteiger partial charge in [-0.15, -0.1) is 11.3 Å². The Morgan fingerprint density at radius 2 is 1.93 bits per heavy atom. The van der Waals surface area contributed by atoms with Crippen LogP contribution in [0.2, 0.25) is 0 Å². The zero-order valence-corrected chi connectivity index (χ0v) is 18.9. The number of thiazole rings is 1. The fourth-order valence-corrected chi connectivity index (χ4v) is 5.84. The van der Waals surface area contributed by atoms with Gasteiger partial charge in [-0.25, -0.2) is 4.98 Å². The summed E-state index contributed by atoms with van der Waals surface area (Å²) >= 11 is 1.64. The van der Waals surface area contributed by atoms with E-state index in [1.807, 2.05) is 23.3 Å². The lowest BCUT2D eigenvalue weighted by Crippen LogP contribution is -2.41. The van der Waals surface area contributed by atoms with Gasteiger partial charge in [-0.2, -0.15) is 5.10 Å². The molecule has 6 heteroatoms. The lowest BCUT2D eigenvalue weighted by molar-refractivity contribution is 0.441. The van der Waals surface area contributed by atoms with E-state index in [9.17, 15) is 0 Å². The van der Waals surface area contributed by atoms with E-state index in [0.29, 0.717) is 0 Å². The van der Waals surface area contributed by atoms with E-state index in [1.165, 1.54) is 27.9 Å². The topological polar surface area (TPSA) is 60.0 Å². The normalized spacial score (nSPS) is 16.0. The average molecular weight is 410 g/mol. The Balaban J connectivity index is 1.89. The Hall–Kier alpha value is -2.18. The summed E-state index contributed by atoms with van der Waals surface area (Å²) in [5.41, 5.74) is 14.1. The Labute approximate surface area is 177 Å². The zero-order chi connectivity index (χ0) is 20.8. The highest BCUT2D eigenvalue weighted by atomic mass is 32.1. The van der Waals surface area contributed by atoms with Crippen molar-refractivity contribution < 1.29 is 0 Å². The molecule has 3 heterocycles. The smallest absolute Gasteiger partial charge is 0.158 e. The summed E-state index contributed by atoms with van der Waals surface area (Å²) in [5.74, 6) is 1.06. The van der Waals surface area contributed by atoms with Crippen molar-refractivity contribution >= 4 is 22.8 Å². The van der Waals surface area contributed by atoms with Crippen LogP contribution in [-0.4, -0.2) is 21.3 Å². The molecule has 0 saturated carbocycles. The molecule has 29 heavy (non-hydrogen) atoms. The molecule has 5 nitrogen and oxygen atoms in total. The number of aryl methyl sites for hydroxylation is 4. The van der Waals surface area contributed by atoms with Crippen molar-refractivity contribution in [3.63, 3.8) is 0 Å². The van der Waals surface area contributed by atoms with Crippen LogP contribution in [0.25, 0.3) is 0 Å². The predicted octanol–water partition coefficient (Wildman–Crippen LogP) is 4.89. The van der Waals surface area contributed by atoms with Crippen molar-refractivity contribution in [1.29, 1.82) is 0 Å². The Morgan fingerprint density at radius 1 is 1.21 bits per heavy atom. The summed E-state index contributed by atoms with van der Waals surface area (Å²) < 4.78 is 2.01. The van der Waals surface area contributed by atoms with Gasteiger partial charge in [0.25, 0.3) is 0 Å².